The third-order valence-corrected chi connectivity index (χ3v) is 6.63. The fraction of sp³-hybridized carbons (Fsp3) is 0.227. The van der Waals surface area contributed by atoms with Crippen LogP contribution in [0.15, 0.2) is 48.7 Å². The zero-order valence-corrected chi connectivity index (χ0v) is 17.3. The molecule has 0 unspecified atom stereocenters. The molecular weight excluding hydrogens is 398 g/mol. The lowest BCUT2D eigenvalue weighted by Crippen LogP contribution is -2.50. The molecule has 0 aliphatic carbocycles. The number of nitrogens with one attached hydrogen (secondary N) is 2. The Labute approximate surface area is 177 Å². The average molecular weight is 420 g/mol. The summed E-state index contributed by atoms with van der Waals surface area (Å²) in [4.78, 5) is 30.0. The lowest BCUT2D eigenvalue weighted by Gasteiger charge is -2.31. The first-order valence-electron chi connectivity index (χ1n) is 9.83. The molecule has 152 valence electrons. The quantitative estimate of drug-likeness (QED) is 0.489. The van der Waals surface area contributed by atoms with Gasteiger partial charge in [0.25, 0.3) is 0 Å². The Bertz CT molecular complexity index is 1220. The fourth-order valence-corrected chi connectivity index (χ4v) is 4.86. The molecule has 1 fully saturated rings. The van der Waals surface area contributed by atoms with Crippen molar-refractivity contribution in [2.45, 2.75) is 0 Å². The van der Waals surface area contributed by atoms with Gasteiger partial charge in [0.2, 0.25) is 0 Å². The average Bonchev–Trinajstić information content (AvgIpc) is 3.40. The van der Waals surface area contributed by atoms with Crippen molar-refractivity contribution in [2.24, 2.45) is 0 Å². The number of likely N-dealkylation sites (N-methyl/N-ethyl adjacent to an activating group) is 1. The minimum atomic E-state index is -0.607. The van der Waals surface area contributed by atoms with Crippen LogP contribution in [0.1, 0.15) is 0 Å². The molecule has 0 radical (unpaired) electrons. The van der Waals surface area contributed by atoms with Crippen LogP contribution in [0, 0.1) is 0 Å². The van der Waals surface area contributed by atoms with Crippen LogP contribution in [-0.2, 0) is 9.59 Å². The first-order chi connectivity index (χ1) is 14.6. The second-order valence-electron chi connectivity index (χ2n) is 7.56. The van der Waals surface area contributed by atoms with Gasteiger partial charge < -0.3 is 15.1 Å². The number of aromatic nitrogens is 2. The number of H-pyrrole nitrogens is 1. The van der Waals surface area contributed by atoms with E-state index in [9.17, 15) is 9.59 Å². The predicted molar refractivity (Wildman–Crippen MR) is 120 cm³/mol. The Morgan fingerprint density at radius 3 is 2.67 bits per heavy atom. The largest absolute Gasteiger partial charge is 0.332 e. The summed E-state index contributed by atoms with van der Waals surface area (Å²) in [5, 5.41) is 12.1. The molecule has 5 rings (SSSR count). The minimum Gasteiger partial charge on any atom is -0.332 e. The summed E-state index contributed by atoms with van der Waals surface area (Å²) in [6.45, 7) is 2.68. The van der Waals surface area contributed by atoms with Crippen LogP contribution >= 0.6 is 11.3 Å². The van der Waals surface area contributed by atoms with Gasteiger partial charge in [-0.3, -0.25) is 14.7 Å². The van der Waals surface area contributed by atoms with Gasteiger partial charge in [-0.05, 0) is 36.7 Å². The molecule has 4 aromatic rings. The standard InChI is InChI=1S/C22H21N5O2S/c1-26-6-8-27(9-7-26)22(29)21(28)24-16-10-15-13-23-25-20(15)17(12-16)19-11-14-4-2-3-5-18(14)30-19/h2-5,10-13H,6-9H2,1H3,(H,23,25)(H,24,28). The number of rotatable bonds is 2. The third kappa shape index (κ3) is 3.44. The van der Waals surface area contributed by atoms with Crippen molar-refractivity contribution in [3.8, 4) is 10.4 Å². The summed E-state index contributed by atoms with van der Waals surface area (Å²) in [5.74, 6) is -1.09. The first kappa shape index (κ1) is 18.8. The van der Waals surface area contributed by atoms with Gasteiger partial charge in [-0.2, -0.15) is 5.10 Å². The number of thiophene rings is 1. The van der Waals surface area contributed by atoms with Crippen LogP contribution in [0.3, 0.4) is 0 Å². The Morgan fingerprint density at radius 1 is 1.07 bits per heavy atom. The molecule has 0 spiro atoms. The molecule has 2 N–H and O–H groups in total. The lowest BCUT2D eigenvalue weighted by atomic mass is 10.1. The minimum absolute atomic E-state index is 0.487. The molecule has 0 atom stereocenters. The SMILES string of the molecule is CN1CCN(C(=O)C(=O)Nc2cc(-c3cc4ccccc4s3)c3[nH]ncc3c2)CC1. The van der Waals surface area contributed by atoms with E-state index in [4.69, 9.17) is 0 Å². The van der Waals surface area contributed by atoms with E-state index in [-0.39, 0.29) is 0 Å². The summed E-state index contributed by atoms with van der Waals surface area (Å²) in [6, 6.07) is 14.1. The van der Waals surface area contributed by atoms with Crippen LogP contribution in [-0.4, -0.2) is 65.0 Å². The topological polar surface area (TPSA) is 81.3 Å². The summed E-state index contributed by atoms with van der Waals surface area (Å²) in [7, 11) is 2.01. The highest BCUT2D eigenvalue weighted by Crippen LogP contribution is 2.38. The van der Waals surface area contributed by atoms with E-state index in [1.54, 1.807) is 22.4 Å². The molecule has 2 aromatic carbocycles. The normalized spacial score (nSPS) is 15.0. The van der Waals surface area contributed by atoms with Crippen LogP contribution in [0.4, 0.5) is 5.69 Å². The van der Waals surface area contributed by atoms with E-state index in [1.807, 2.05) is 31.3 Å². The maximum absolute atomic E-state index is 12.6. The van der Waals surface area contributed by atoms with Gasteiger partial charge in [-0.15, -0.1) is 11.3 Å². The smallest absolute Gasteiger partial charge is 0.313 e. The van der Waals surface area contributed by atoms with Crippen molar-refractivity contribution in [1.82, 2.24) is 20.0 Å². The summed E-state index contributed by atoms with van der Waals surface area (Å²) in [6.07, 6.45) is 1.73. The summed E-state index contributed by atoms with van der Waals surface area (Å²) >= 11 is 1.69. The Hall–Kier alpha value is -3.23. The number of hydrogen-bond donors (Lipinski definition) is 2. The predicted octanol–water partition coefficient (Wildman–Crippen LogP) is 3.16. The number of anilines is 1. The molecule has 1 aliphatic heterocycles. The fourth-order valence-electron chi connectivity index (χ4n) is 3.78. The second kappa shape index (κ2) is 7.55. The van der Waals surface area contributed by atoms with E-state index in [0.29, 0.717) is 18.8 Å². The first-order valence-corrected chi connectivity index (χ1v) is 10.6. The molecule has 7 nitrogen and oxygen atoms in total. The summed E-state index contributed by atoms with van der Waals surface area (Å²) < 4.78 is 1.19. The van der Waals surface area contributed by atoms with E-state index in [1.165, 1.54) is 10.1 Å². The zero-order chi connectivity index (χ0) is 20.7. The molecule has 2 amide bonds. The lowest BCUT2D eigenvalue weighted by molar-refractivity contribution is -0.144. The van der Waals surface area contributed by atoms with Crippen molar-refractivity contribution in [3.63, 3.8) is 0 Å². The number of carbonyl (C=O) groups is 2. The number of fused-ring (bicyclic) bond motifs is 2. The molecule has 30 heavy (non-hydrogen) atoms. The number of amides is 2. The van der Waals surface area contributed by atoms with Gasteiger partial charge in [-0.1, -0.05) is 18.2 Å². The van der Waals surface area contributed by atoms with Crippen molar-refractivity contribution >= 4 is 49.8 Å². The van der Waals surface area contributed by atoms with Crippen molar-refractivity contribution in [2.75, 3.05) is 38.5 Å². The van der Waals surface area contributed by atoms with Gasteiger partial charge in [0, 0.05) is 52.4 Å². The van der Waals surface area contributed by atoms with Crippen molar-refractivity contribution in [3.05, 3.63) is 48.7 Å². The number of nitrogens with zero attached hydrogens (tertiary/aromatic N) is 3. The van der Waals surface area contributed by atoms with Gasteiger partial charge in [0.15, 0.2) is 0 Å². The maximum atomic E-state index is 12.6. The van der Waals surface area contributed by atoms with Crippen LogP contribution < -0.4 is 5.32 Å². The van der Waals surface area contributed by atoms with Crippen molar-refractivity contribution < 1.29 is 9.59 Å². The monoisotopic (exact) mass is 419 g/mol. The molecule has 0 saturated carbocycles. The highest BCUT2D eigenvalue weighted by molar-refractivity contribution is 7.22. The third-order valence-electron chi connectivity index (χ3n) is 5.48. The number of benzene rings is 2. The molecule has 1 saturated heterocycles. The van der Waals surface area contributed by atoms with E-state index >= 15 is 0 Å². The Kier molecular flexibility index (Phi) is 4.72. The van der Waals surface area contributed by atoms with Crippen LogP contribution in [0.5, 0.6) is 0 Å². The maximum Gasteiger partial charge on any atom is 0.313 e. The van der Waals surface area contributed by atoms with Crippen LogP contribution in [0.25, 0.3) is 31.4 Å². The number of aromatic amines is 1. The highest BCUT2D eigenvalue weighted by atomic mass is 32.1. The Morgan fingerprint density at radius 2 is 1.87 bits per heavy atom. The van der Waals surface area contributed by atoms with Gasteiger partial charge in [0.05, 0.1) is 11.7 Å². The molecule has 8 heteroatoms. The number of carbonyl (C=O) groups excluding carboxylic acids is 2. The summed E-state index contributed by atoms with van der Waals surface area (Å²) in [5.41, 5.74) is 2.45. The highest BCUT2D eigenvalue weighted by Gasteiger charge is 2.25. The molecular formula is C22H21N5O2S. The Balaban J connectivity index is 1.45. The number of hydrogen-bond acceptors (Lipinski definition) is 5. The molecule has 1 aliphatic rings. The van der Waals surface area contributed by atoms with E-state index in [0.717, 1.165) is 34.4 Å². The van der Waals surface area contributed by atoms with Crippen molar-refractivity contribution in [1.29, 1.82) is 0 Å². The zero-order valence-electron chi connectivity index (χ0n) is 16.5. The van der Waals surface area contributed by atoms with E-state index in [2.05, 4.69) is 38.6 Å². The van der Waals surface area contributed by atoms with Crippen LogP contribution in [0.2, 0.25) is 0 Å². The van der Waals surface area contributed by atoms with Gasteiger partial charge >= 0.3 is 11.8 Å². The molecule has 0 bridgehead atoms. The van der Waals surface area contributed by atoms with Gasteiger partial charge in [-0.25, -0.2) is 0 Å². The van der Waals surface area contributed by atoms with Gasteiger partial charge in [0.1, 0.15) is 0 Å². The number of piperazine rings is 1. The molecule has 3 heterocycles. The molecule has 2 aromatic heterocycles. The second-order valence-corrected chi connectivity index (χ2v) is 8.64. The van der Waals surface area contributed by atoms with E-state index < -0.39 is 11.8 Å².